The summed E-state index contributed by atoms with van der Waals surface area (Å²) in [5.74, 6) is 0.675. The van der Waals surface area contributed by atoms with E-state index in [9.17, 15) is 0 Å². The van der Waals surface area contributed by atoms with Crippen LogP contribution in [0, 0.1) is 13.8 Å². The molecule has 4 heteroatoms. The first-order valence-corrected chi connectivity index (χ1v) is 5.19. The van der Waals surface area contributed by atoms with Crippen molar-refractivity contribution in [3.8, 4) is 0 Å². The summed E-state index contributed by atoms with van der Waals surface area (Å²) in [7, 11) is 0. The number of anilines is 1. The van der Waals surface area contributed by atoms with E-state index >= 15 is 0 Å². The molecule has 2 aromatic heterocycles. The second-order valence-electron chi connectivity index (χ2n) is 3.68. The molecule has 0 spiro atoms. The van der Waals surface area contributed by atoms with Crippen LogP contribution in [0.25, 0.3) is 0 Å². The van der Waals surface area contributed by atoms with Gasteiger partial charge in [0.05, 0.1) is 0 Å². The fourth-order valence-corrected chi connectivity index (χ4v) is 1.49. The molecule has 2 aromatic rings. The zero-order chi connectivity index (χ0) is 11.4. The second kappa shape index (κ2) is 4.70. The average Bonchev–Trinajstić information content (AvgIpc) is 2.27. The average molecular weight is 214 g/mol. The van der Waals surface area contributed by atoms with Crippen LogP contribution in [-0.4, -0.2) is 15.0 Å². The van der Waals surface area contributed by atoms with Crippen molar-refractivity contribution >= 4 is 5.95 Å². The summed E-state index contributed by atoms with van der Waals surface area (Å²) in [5, 5.41) is 3.19. The summed E-state index contributed by atoms with van der Waals surface area (Å²) in [5.41, 5.74) is 3.12. The number of rotatable bonds is 3. The normalized spacial score (nSPS) is 10.1. The van der Waals surface area contributed by atoms with Crippen LogP contribution in [0.15, 0.2) is 30.6 Å². The summed E-state index contributed by atoms with van der Waals surface area (Å²) in [6.07, 6.45) is 3.55. The Morgan fingerprint density at radius 1 is 1.06 bits per heavy atom. The Kier molecular flexibility index (Phi) is 3.10. The molecule has 2 rings (SSSR count). The van der Waals surface area contributed by atoms with Crippen molar-refractivity contribution in [1.82, 2.24) is 15.0 Å². The van der Waals surface area contributed by atoms with Gasteiger partial charge in [0.25, 0.3) is 0 Å². The number of pyridine rings is 1. The Morgan fingerprint density at radius 2 is 1.69 bits per heavy atom. The van der Waals surface area contributed by atoms with Crippen molar-refractivity contribution < 1.29 is 0 Å². The van der Waals surface area contributed by atoms with Crippen LogP contribution in [0.3, 0.4) is 0 Å². The molecule has 0 aliphatic heterocycles. The summed E-state index contributed by atoms with van der Waals surface area (Å²) < 4.78 is 0. The van der Waals surface area contributed by atoms with Crippen LogP contribution in [0.4, 0.5) is 5.95 Å². The third-order valence-electron chi connectivity index (χ3n) is 2.18. The van der Waals surface area contributed by atoms with E-state index in [0.717, 1.165) is 17.0 Å². The molecule has 0 saturated heterocycles. The smallest absolute Gasteiger partial charge is 0.223 e. The number of aromatic nitrogens is 3. The van der Waals surface area contributed by atoms with Gasteiger partial charge in [-0.1, -0.05) is 0 Å². The molecule has 0 saturated carbocycles. The third kappa shape index (κ3) is 2.76. The van der Waals surface area contributed by atoms with Crippen LogP contribution in [0.2, 0.25) is 0 Å². The van der Waals surface area contributed by atoms with E-state index in [1.165, 1.54) is 0 Å². The van der Waals surface area contributed by atoms with Crippen molar-refractivity contribution in [2.24, 2.45) is 0 Å². The van der Waals surface area contributed by atoms with E-state index in [1.54, 1.807) is 12.4 Å². The van der Waals surface area contributed by atoms with Gasteiger partial charge in [0.2, 0.25) is 5.95 Å². The molecule has 16 heavy (non-hydrogen) atoms. The monoisotopic (exact) mass is 214 g/mol. The topological polar surface area (TPSA) is 50.7 Å². The highest BCUT2D eigenvalue weighted by molar-refractivity contribution is 5.29. The molecule has 0 fully saturated rings. The predicted molar refractivity (Wildman–Crippen MR) is 63.1 cm³/mol. The minimum absolute atomic E-state index is 0.675. The Bertz CT molecular complexity index is 447. The van der Waals surface area contributed by atoms with Gasteiger partial charge < -0.3 is 5.32 Å². The van der Waals surface area contributed by atoms with Gasteiger partial charge in [-0.15, -0.1) is 0 Å². The van der Waals surface area contributed by atoms with Gasteiger partial charge in [-0.05, 0) is 37.6 Å². The van der Waals surface area contributed by atoms with Crippen molar-refractivity contribution in [1.29, 1.82) is 0 Å². The van der Waals surface area contributed by atoms with E-state index in [4.69, 9.17) is 0 Å². The fraction of sp³-hybridized carbons (Fsp3) is 0.250. The lowest BCUT2D eigenvalue weighted by atomic mass is 10.3. The van der Waals surface area contributed by atoms with Gasteiger partial charge in [0, 0.05) is 30.3 Å². The second-order valence-corrected chi connectivity index (χ2v) is 3.68. The molecule has 0 bridgehead atoms. The number of hydrogen-bond donors (Lipinski definition) is 1. The molecule has 0 atom stereocenters. The maximum atomic E-state index is 4.31. The Balaban J connectivity index is 2.05. The lowest BCUT2D eigenvalue weighted by molar-refractivity contribution is 1.00. The van der Waals surface area contributed by atoms with Gasteiger partial charge in [-0.3, -0.25) is 4.98 Å². The number of hydrogen-bond acceptors (Lipinski definition) is 4. The highest BCUT2D eigenvalue weighted by atomic mass is 15.1. The molecular weight excluding hydrogens is 200 g/mol. The molecule has 2 heterocycles. The largest absolute Gasteiger partial charge is 0.350 e. The molecule has 0 radical (unpaired) electrons. The highest BCUT2D eigenvalue weighted by Crippen LogP contribution is 2.05. The minimum Gasteiger partial charge on any atom is -0.350 e. The number of aryl methyl sites for hydroxylation is 2. The molecular formula is C12H14N4. The quantitative estimate of drug-likeness (QED) is 0.850. The number of nitrogens with zero attached hydrogens (tertiary/aromatic N) is 3. The Morgan fingerprint density at radius 3 is 2.31 bits per heavy atom. The maximum absolute atomic E-state index is 4.31. The van der Waals surface area contributed by atoms with Gasteiger partial charge >= 0.3 is 0 Å². The fourth-order valence-electron chi connectivity index (χ4n) is 1.49. The zero-order valence-corrected chi connectivity index (χ0v) is 9.44. The van der Waals surface area contributed by atoms with E-state index in [2.05, 4.69) is 20.3 Å². The van der Waals surface area contributed by atoms with Crippen molar-refractivity contribution in [2.45, 2.75) is 20.4 Å². The molecule has 0 unspecified atom stereocenters. The van der Waals surface area contributed by atoms with E-state index < -0.39 is 0 Å². The maximum Gasteiger partial charge on any atom is 0.223 e. The first kappa shape index (κ1) is 10.5. The molecule has 1 N–H and O–H groups in total. The third-order valence-corrected chi connectivity index (χ3v) is 2.18. The van der Waals surface area contributed by atoms with Crippen LogP contribution in [0.1, 0.15) is 17.0 Å². The van der Waals surface area contributed by atoms with Crippen LogP contribution >= 0.6 is 0 Å². The van der Waals surface area contributed by atoms with Crippen molar-refractivity contribution in [3.63, 3.8) is 0 Å². The molecule has 0 aliphatic carbocycles. The summed E-state index contributed by atoms with van der Waals surface area (Å²) in [6.45, 7) is 4.64. The van der Waals surface area contributed by atoms with Crippen LogP contribution in [-0.2, 0) is 6.54 Å². The molecule has 0 aromatic carbocycles. The first-order valence-electron chi connectivity index (χ1n) is 5.19. The van der Waals surface area contributed by atoms with E-state index in [1.807, 2.05) is 32.0 Å². The highest BCUT2D eigenvalue weighted by Gasteiger charge is 1.98. The van der Waals surface area contributed by atoms with Gasteiger partial charge in [0.15, 0.2) is 0 Å². The number of nitrogens with one attached hydrogen (secondary N) is 1. The summed E-state index contributed by atoms with van der Waals surface area (Å²) >= 11 is 0. The van der Waals surface area contributed by atoms with Crippen molar-refractivity contribution in [2.75, 3.05) is 5.32 Å². The Labute approximate surface area is 94.8 Å². The van der Waals surface area contributed by atoms with E-state index in [0.29, 0.717) is 12.5 Å². The van der Waals surface area contributed by atoms with E-state index in [-0.39, 0.29) is 0 Å². The SMILES string of the molecule is Cc1cc(C)nc(NCc2ccncc2)n1. The molecule has 0 aliphatic rings. The van der Waals surface area contributed by atoms with Crippen LogP contribution < -0.4 is 5.32 Å². The lowest BCUT2D eigenvalue weighted by Crippen LogP contribution is -2.05. The minimum atomic E-state index is 0.675. The zero-order valence-electron chi connectivity index (χ0n) is 9.44. The summed E-state index contributed by atoms with van der Waals surface area (Å²) in [6, 6.07) is 5.89. The van der Waals surface area contributed by atoms with Gasteiger partial charge in [-0.25, -0.2) is 9.97 Å². The Hall–Kier alpha value is -1.97. The summed E-state index contributed by atoms with van der Waals surface area (Å²) in [4.78, 5) is 12.6. The molecule has 4 nitrogen and oxygen atoms in total. The van der Waals surface area contributed by atoms with Gasteiger partial charge in [0.1, 0.15) is 0 Å². The van der Waals surface area contributed by atoms with Gasteiger partial charge in [-0.2, -0.15) is 0 Å². The molecule has 0 amide bonds. The predicted octanol–water partition coefficient (Wildman–Crippen LogP) is 2.10. The van der Waals surface area contributed by atoms with Crippen molar-refractivity contribution in [3.05, 3.63) is 47.5 Å². The first-order chi connectivity index (χ1) is 7.74. The standard InChI is InChI=1S/C12H14N4/c1-9-7-10(2)16-12(15-9)14-8-11-3-5-13-6-4-11/h3-7H,8H2,1-2H3,(H,14,15,16). The van der Waals surface area contributed by atoms with Crippen LogP contribution in [0.5, 0.6) is 0 Å². The molecule has 82 valence electrons. The lowest BCUT2D eigenvalue weighted by Gasteiger charge is -2.06.